The first-order valence-electron chi connectivity index (χ1n) is 11.0. The van der Waals surface area contributed by atoms with E-state index in [2.05, 4.69) is 15.6 Å². The lowest BCUT2D eigenvalue weighted by Gasteiger charge is -2.21. The lowest BCUT2D eigenvalue weighted by Crippen LogP contribution is -2.41. The Morgan fingerprint density at radius 3 is 2.50 bits per heavy atom. The minimum atomic E-state index is -1.16. The molecule has 34 heavy (non-hydrogen) atoms. The Hall–Kier alpha value is -3.56. The molecule has 2 aromatic heterocycles. The van der Waals surface area contributed by atoms with Crippen molar-refractivity contribution < 1.29 is 24.2 Å². The van der Waals surface area contributed by atoms with Crippen LogP contribution in [0.4, 0.5) is 0 Å². The predicted molar refractivity (Wildman–Crippen MR) is 128 cm³/mol. The second-order valence-corrected chi connectivity index (χ2v) is 8.97. The Morgan fingerprint density at radius 1 is 1.03 bits per heavy atom. The van der Waals surface area contributed by atoms with E-state index in [4.69, 9.17) is 9.84 Å². The Kier molecular flexibility index (Phi) is 7.66. The van der Waals surface area contributed by atoms with Gasteiger partial charge >= 0.3 is 5.97 Å². The largest absolute Gasteiger partial charge is 0.480 e. The third-order valence-corrected chi connectivity index (χ3v) is 6.49. The number of carbonyl (C=O) groups is 3. The fourth-order valence-electron chi connectivity index (χ4n) is 3.91. The van der Waals surface area contributed by atoms with Crippen LogP contribution in [-0.4, -0.2) is 46.6 Å². The summed E-state index contributed by atoms with van der Waals surface area (Å²) in [7, 11) is 0. The molecule has 2 heterocycles. The molecule has 4 rings (SSSR count). The molecule has 176 valence electrons. The highest BCUT2D eigenvalue weighted by molar-refractivity contribution is 7.13. The molecule has 0 spiro atoms. The number of carboxylic acid groups (broad SMARTS) is 1. The van der Waals surface area contributed by atoms with E-state index >= 15 is 0 Å². The standard InChI is InChI=1S/C25H25N3O5S/c29-23(30)14-26-24(31)19-12-17(22-10-5-11-34-22)13-20(27-19)25(32)28-18-8-4-9-21(18)33-15-16-6-2-1-3-7-16/h1-3,5-7,10-13,18,21H,4,8-9,14-15H2,(H,26,31)(H,28,32)(H,29,30)/t18-,21+/m0/s1. The molecule has 0 unspecified atom stereocenters. The molecule has 2 atom stereocenters. The molecule has 3 N–H and O–H groups in total. The maximum Gasteiger partial charge on any atom is 0.322 e. The summed E-state index contributed by atoms with van der Waals surface area (Å²) in [5.74, 6) is -2.21. The highest BCUT2D eigenvalue weighted by Gasteiger charge is 2.30. The van der Waals surface area contributed by atoms with Crippen LogP contribution in [-0.2, 0) is 16.1 Å². The number of amides is 2. The molecule has 0 bridgehead atoms. The van der Waals surface area contributed by atoms with Crippen molar-refractivity contribution in [1.82, 2.24) is 15.6 Å². The summed E-state index contributed by atoms with van der Waals surface area (Å²) in [5.41, 5.74) is 1.82. The summed E-state index contributed by atoms with van der Waals surface area (Å²) in [6.07, 6.45) is 2.48. The number of aliphatic carboxylic acids is 1. The van der Waals surface area contributed by atoms with Gasteiger partial charge in [0.05, 0.1) is 18.8 Å². The fraction of sp³-hybridized carbons (Fsp3) is 0.280. The number of thiophene rings is 1. The van der Waals surface area contributed by atoms with E-state index in [1.54, 1.807) is 12.1 Å². The highest BCUT2D eigenvalue weighted by atomic mass is 32.1. The number of carbonyl (C=O) groups excluding carboxylic acids is 2. The summed E-state index contributed by atoms with van der Waals surface area (Å²) in [6, 6.07) is 16.7. The molecular formula is C25H25N3O5S. The molecule has 1 fully saturated rings. The molecule has 0 radical (unpaired) electrons. The van der Waals surface area contributed by atoms with E-state index in [1.165, 1.54) is 11.3 Å². The van der Waals surface area contributed by atoms with Crippen molar-refractivity contribution in [2.45, 2.75) is 38.0 Å². The smallest absolute Gasteiger partial charge is 0.322 e. The van der Waals surface area contributed by atoms with Gasteiger partial charge in [-0.25, -0.2) is 4.98 Å². The van der Waals surface area contributed by atoms with Crippen LogP contribution in [0.2, 0.25) is 0 Å². The highest BCUT2D eigenvalue weighted by Crippen LogP contribution is 2.27. The van der Waals surface area contributed by atoms with Crippen LogP contribution in [0.3, 0.4) is 0 Å². The van der Waals surface area contributed by atoms with E-state index in [9.17, 15) is 14.4 Å². The average molecular weight is 480 g/mol. The van der Waals surface area contributed by atoms with Gasteiger partial charge in [-0.1, -0.05) is 36.4 Å². The number of ether oxygens (including phenoxy) is 1. The van der Waals surface area contributed by atoms with Crippen molar-refractivity contribution in [2.24, 2.45) is 0 Å². The molecule has 1 aromatic carbocycles. The van der Waals surface area contributed by atoms with E-state index in [0.29, 0.717) is 12.2 Å². The van der Waals surface area contributed by atoms with Gasteiger partial charge in [-0.3, -0.25) is 14.4 Å². The van der Waals surface area contributed by atoms with Crippen LogP contribution in [0, 0.1) is 0 Å². The summed E-state index contributed by atoms with van der Waals surface area (Å²) >= 11 is 1.47. The molecule has 9 heteroatoms. The zero-order valence-electron chi connectivity index (χ0n) is 18.4. The average Bonchev–Trinajstić information content (AvgIpc) is 3.54. The Labute approximate surface area is 201 Å². The number of carboxylic acids is 1. The summed E-state index contributed by atoms with van der Waals surface area (Å²) in [4.78, 5) is 41.5. The number of hydrogen-bond acceptors (Lipinski definition) is 6. The SMILES string of the molecule is O=C(O)CNC(=O)c1cc(-c2cccs2)cc(C(=O)N[C@H]2CCC[C@H]2OCc2ccccc2)n1. The van der Waals surface area contributed by atoms with Crippen molar-refractivity contribution in [3.63, 3.8) is 0 Å². The molecule has 1 saturated carbocycles. The van der Waals surface area contributed by atoms with E-state index in [-0.39, 0.29) is 23.5 Å². The van der Waals surface area contributed by atoms with Gasteiger partial charge in [-0.05, 0) is 54.0 Å². The third kappa shape index (κ3) is 6.06. The lowest BCUT2D eigenvalue weighted by molar-refractivity contribution is -0.135. The summed E-state index contributed by atoms with van der Waals surface area (Å²) in [5, 5.41) is 16.1. The zero-order chi connectivity index (χ0) is 23.9. The molecule has 3 aromatic rings. The van der Waals surface area contributed by atoms with Crippen LogP contribution in [0.5, 0.6) is 0 Å². The zero-order valence-corrected chi connectivity index (χ0v) is 19.2. The minimum Gasteiger partial charge on any atom is -0.480 e. The van der Waals surface area contributed by atoms with Crippen LogP contribution >= 0.6 is 11.3 Å². The maximum absolute atomic E-state index is 13.1. The molecule has 8 nitrogen and oxygen atoms in total. The second-order valence-electron chi connectivity index (χ2n) is 8.03. The molecular weight excluding hydrogens is 454 g/mol. The molecule has 2 amide bonds. The monoisotopic (exact) mass is 479 g/mol. The third-order valence-electron chi connectivity index (χ3n) is 5.57. The second kappa shape index (κ2) is 11.0. The van der Waals surface area contributed by atoms with Gasteiger partial charge in [0, 0.05) is 4.88 Å². The first-order valence-corrected chi connectivity index (χ1v) is 11.9. The summed E-state index contributed by atoms with van der Waals surface area (Å²) in [6.45, 7) is -0.0638. The summed E-state index contributed by atoms with van der Waals surface area (Å²) < 4.78 is 6.08. The molecule has 1 aliphatic carbocycles. The molecule has 0 aliphatic heterocycles. The molecule has 1 aliphatic rings. The van der Waals surface area contributed by atoms with E-state index in [1.807, 2.05) is 47.8 Å². The maximum atomic E-state index is 13.1. The van der Waals surface area contributed by atoms with Gasteiger partial charge < -0.3 is 20.5 Å². The normalized spacial score (nSPS) is 17.3. The predicted octanol–water partition coefficient (Wildman–Crippen LogP) is 3.49. The van der Waals surface area contributed by atoms with Crippen molar-refractivity contribution in [1.29, 1.82) is 0 Å². The quantitative estimate of drug-likeness (QED) is 0.432. The lowest BCUT2D eigenvalue weighted by atomic mass is 10.1. The Balaban J connectivity index is 1.49. The number of aromatic nitrogens is 1. The first kappa shape index (κ1) is 23.6. The Bertz CT molecular complexity index is 1150. The fourth-order valence-corrected chi connectivity index (χ4v) is 4.62. The van der Waals surface area contributed by atoms with Crippen molar-refractivity contribution in [3.05, 3.63) is 76.9 Å². The number of rotatable bonds is 9. The number of nitrogens with zero attached hydrogens (tertiary/aromatic N) is 1. The first-order chi connectivity index (χ1) is 16.5. The van der Waals surface area contributed by atoms with Crippen LogP contribution in [0.25, 0.3) is 10.4 Å². The van der Waals surface area contributed by atoms with Crippen molar-refractivity contribution in [3.8, 4) is 10.4 Å². The van der Waals surface area contributed by atoms with Gasteiger partial charge in [-0.15, -0.1) is 11.3 Å². The van der Waals surface area contributed by atoms with E-state index in [0.717, 1.165) is 29.7 Å². The van der Waals surface area contributed by atoms with Gasteiger partial charge in [-0.2, -0.15) is 0 Å². The van der Waals surface area contributed by atoms with Crippen LogP contribution in [0.1, 0.15) is 45.8 Å². The van der Waals surface area contributed by atoms with Crippen LogP contribution in [0.15, 0.2) is 60.0 Å². The van der Waals surface area contributed by atoms with Crippen molar-refractivity contribution in [2.75, 3.05) is 6.54 Å². The minimum absolute atomic E-state index is 0.0133. The number of benzene rings is 1. The van der Waals surface area contributed by atoms with Crippen LogP contribution < -0.4 is 10.6 Å². The van der Waals surface area contributed by atoms with Gasteiger partial charge in [0.15, 0.2) is 0 Å². The number of hydrogen-bond donors (Lipinski definition) is 3. The van der Waals surface area contributed by atoms with E-state index < -0.39 is 24.3 Å². The number of pyridine rings is 1. The molecule has 0 saturated heterocycles. The van der Waals surface area contributed by atoms with Gasteiger partial charge in [0.2, 0.25) is 0 Å². The Morgan fingerprint density at radius 2 is 1.79 bits per heavy atom. The van der Waals surface area contributed by atoms with Crippen molar-refractivity contribution >= 4 is 29.1 Å². The van der Waals surface area contributed by atoms with Gasteiger partial charge in [0.1, 0.15) is 17.9 Å². The topological polar surface area (TPSA) is 118 Å². The number of nitrogens with one attached hydrogen (secondary N) is 2. The van der Waals surface area contributed by atoms with Gasteiger partial charge in [0.25, 0.3) is 11.8 Å².